The smallest absolute Gasteiger partial charge is 0.475 e. The molecule has 3 aliphatic rings. The Kier molecular flexibility index (Phi) is 10.1. The number of halogens is 6. The molecule has 9 nitrogen and oxygen atoms in total. The number of nitrogens with zero attached hydrogens (tertiary/aromatic N) is 2. The summed E-state index contributed by atoms with van der Waals surface area (Å²) in [5, 5.41) is 7.04. The molecule has 16 heteroatoms. The highest BCUT2D eigenvalue weighted by Gasteiger charge is 2.39. The first-order valence-electron chi connectivity index (χ1n) is 13.0. The van der Waals surface area contributed by atoms with Crippen LogP contribution >= 0.6 is 27.5 Å². The fourth-order valence-corrected chi connectivity index (χ4v) is 6.40. The molecular weight excluding hydrogens is 674 g/mol. The molecule has 1 aliphatic heterocycles. The van der Waals surface area contributed by atoms with E-state index in [-0.39, 0.29) is 17.6 Å². The number of carbonyl (C=O) groups excluding carboxylic acids is 1. The van der Waals surface area contributed by atoms with E-state index in [1.54, 1.807) is 18.3 Å². The minimum Gasteiger partial charge on any atom is -0.475 e. The number of amides is 1. The van der Waals surface area contributed by atoms with Crippen LogP contribution in [0, 0.1) is 5.82 Å². The predicted molar refractivity (Wildman–Crippen MR) is 147 cm³/mol. The third-order valence-electron chi connectivity index (χ3n) is 6.91. The summed E-state index contributed by atoms with van der Waals surface area (Å²) < 4.78 is 79.8. The first-order chi connectivity index (χ1) is 19.6. The van der Waals surface area contributed by atoms with Crippen molar-refractivity contribution in [1.29, 1.82) is 0 Å². The number of hydrogen-bond donors (Lipinski definition) is 2. The number of ether oxygens (including phenoxy) is 1. The van der Waals surface area contributed by atoms with Crippen molar-refractivity contribution in [3.8, 4) is 5.88 Å². The Morgan fingerprint density at radius 1 is 1.12 bits per heavy atom. The number of sulfonamides is 1. The second-order valence-corrected chi connectivity index (χ2v) is 13.6. The van der Waals surface area contributed by atoms with E-state index in [0.717, 1.165) is 54.4 Å². The Balaban J connectivity index is 0.000000517. The molecular formula is C26H27BrClF4N3O6S. The highest BCUT2D eigenvalue weighted by Crippen LogP contribution is 2.43. The number of carbonyl (C=O) groups is 2. The van der Waals surface area contributed by atoms with Gasteiger partial charge in [-0.05, 0) is 89.7 Å². The van der Waals surface area contributed by atoms with Gasteiger partial charge in [0.05, 0.1) is 10.8 Å². The maximum atomic E-state index is 15.0. The molecule has 0 atom stereocenters. The monoisotopic (exact) mass is 699 g/mol. The lowest BCUT2D eigenvalue weighted by Crippen LogP contribution is -2.38. The van der Waals surface area contributed by atoms with E-state index >= 15 is 0 Å². The Bertz CT molecular complexity index is 1450. The van der Waals surface area contributed by atoms with Gasteiger partial charge in [-0.3, -0.25) is 9.69 Å². The number of aromatic nitrogens is 1. The number of alkyl halides is 3. The molecule has 230 valence electrons. The van der Waals surface area contributed by atoms with Crippen molar-refractivity contribution in [3.05, 3.63) is 56.4 Å². The van der Waals surface area contributed by atoms with Crippen LogP contribution < -0.4 is 9.46 Å². The molecule has 42 heavy (non-hydrogen) atoms. The van der Waals surface area contributed by atoms with Crippen LogP contribution in [0.2, 0.25) is 5.02 Å². The molecule has 1 saturated heterocycles. The zero-order valence-electron chi connectivity index (χ0n) is 22.0. The van der Waals surface area contributed by atoms with Crippen LogP contribution in [0.25, 0.3) is 0 Å². The van der Waals surface area contributed by atoms with Crippen molar-refractivity contribution >= 4 is 49.4 Å². The Morgan fingerprint density at radius 2 is 1.74 bits per heavy atom. The van der Waals surface area contributed by atoms with Crippen molar-refractivity contribution < 1.29 is 45.4 Å². The van der Waals surface area contributed by atoms with Crippen molar-refractivity contribution in [2.75, 3.05) is 13.1 Å². The van der Waals surface area contributed by atoms with E-state index in [2.05, 4.69) is 25.8 Å². The first kappa shape index (κ1) is 32.4. The average molecular weight is 701 g/mol. The van der Waals surface area contributed by atoms with Gasteiger partial charge in [0.1, 0.15) is 16.9 Å². The van der Waals surface area contributed by atoms with Gasteiger partial charge >= 0.3 is 12.1 Å². The second-order valence-electron chi connectivity index (χ2n) is 10.3. The van der Waals surface area contributed by atoms with Gasteiger partial charge in [-0.1, -0.05) is 11.6 Å². The van der Waals surface area contributed by atoms with E-state index in [4.69, 9.17) is 26.2 Å². The maximum Gasteiger partial charge on any atom is 0.490 e. The predicted octanol–water partition coefficient (Wildman–Crippen LogP) is 5.41. The van der Waals surface area contributed by atoms with Crippen LogP contribution in [0.4, 0.5) is 17.6 Å². The Morgan fingerprint density at radius 3 is 2.26 bits per heavy atom. The fraction of sp³-hybridized carbons (Fsp3) is 0.500. The highest BCUT2D eigenvalue weighted by molar-refractivity contribution is 9.10. The quantitative estimate of drug-likeness (QED) is 0.350. The van der Waals surface area contributed by atoms with Gasteiger partial charge in [0.25, 0.3) is 5.91 Å². The summed E-state index contributed by atoms with van der Waals surface area (Å²) in [4.78, 5) is 27.9. The van der Waals surface area contributed by atoms with Crippen LogP contribution in [-0.4, -0.2) is 65.9 Å². The number of hydrogen-bond acceptors (Lipinski definition) is 7. The standard InChI is InChI=1S/C24H26BrClFN3O4S.C2HF3O2/c25-16-10-21(26)24(28-12-16)34-17-5-7-30(8-6-17)13-15-9-22(27)20(11-19(15)14-1-2-14)23(31)29-35(32,33)18-3-4-18;3-2(4,5)1(6)7/h9-12,14,17-18H,1-8,13H2,(H,29,31);(H,6,7). The number of likely N-dealkylation sites (tertiary alicyclic amines) is 1. The molecule has 0 bridgehead atoms. The fourth-order valence-electron chi connectivity index (χ4n) is 4.44. The topological polar surface area (TPSA) is 126 Å². The summed E-state index contributed by atoms with van der Waals surface area (Å²) in [6.45, 7) is 2.11. The van der Waals surface area contributed by atoms with E-state index in [9.17, 15) is 30.8 Å². The summed E-state index contributed by atoms with van der Waals surface area (Å²) >= 11 is 9.55. The number of carboxylic acids is 1. The van der Waals surface area contributed by atoms with Crippen molar-refractivity contribution in [1.82, 2.24) is 14.6 Å². The molecule has 0 unspecified atom stereocenters. The summed E-state index contributed by atoms with van der Waals surface area (Å²) in [5.74, 6) is -3.64. The van der Waals surface area contributed by atoms with Gasteiger partial charge < -0.3 is 9.84 Å². The van der Waals surface area contributed by atoms with Crippen LogP contribution in [0.3, 0.4) is 0 Å². The zero-order chi connectivity index (χ0) is 30.8. The van der Waals surface area contributed by atoms with E-state index in [1.165, 1.54) is 6.07 Å². The molecule has 1 amide bonds. The summed E-state index contributed by atoms with van der Waals surface area (Å²) in [6, 6.07) is 4.70. The SMILES string of the molecule is O=C(NS(=O)(=O)C1CC1)c1cc(C2CC2)c(CN2CCC(Oc3ncc(Br)cc3Cl)CC2)cc1F.O=C(O)C(F)(F)F. The Labute approximate surface area is 252 Å². The van der Waals surface area contributed by atoms with Crippen molar-refractivity contribution in [2.45, 2.75) is 68.5 Å². The average Bonchev–Trinajstić information content (AvgIpc) is 3.80. The van der Waals surface area contributed by atoms with Gasteiger partial charge in [-0.2, -0.15) is 13.2 Å². The Hall–Kier alpha value is -2.49. The van der Waals surface area contributed by atoms with Gasteiger partial charge in [0.15, 0.2) is 0 Å². The molecule has 3 fully saturated rings. The van der Waals surface area contributed by atoms with Crippen LogP contribution in [-0.2, 0) is 21.4 Å². The summed E-state index contributed by atoms with van der Waals surface area (Å²) in [7, 11) is -3.74. The molecule has 2 aromatic rings. The maximum absolute atomic E-state index is 15.0. The van der Waals surface area contributed by atoms with Gasteiger partial charge in [0.2, 0.25) is 15.9 Å². The van der Waals surface area contributed by atoms with Crippen LogP contribution in [0.15, 0.2) is 28.9 Å². The zero-order valence-corrected chi connectivity index (χ0v) is 25.1. The number of aliphatic carboxylic acids is 1. The third-order valence-corrected chi connectivity index (χ3v) is 9.44. The van der Waals surface area contributed by atoms with Crippen LogP contribution in [0.1, 0.15) is 65.9 Å². The molecule has 2 N–H and O–H groups in total. The lowest BCUT2D eigenvalue weighted by Gasteiger charge is -2.32. The minimum atomic E-state index is -5.08. The molecule has 1 aromatic carbocycles. The number of piperidine rings is 1. The number of rotatable bonds is 8. The number of carboxylic acid groups (broad SMARTS) is 1. The third kappa shape index (κ3) is 8.77. The van der Waals surface area contributed by atoms with E-state index in [0.29, 0.717) is 30.3 Å². The first-order valence-corrected chi connectivity index (χ1v) is 15.7. The highest BCUT2D eigenvalue weighted by atomic mass is 79.9. The summed E-state index contributed by atoms with van der Waals surface area (Å²) in [6.07, 6.45) is 1.17. The lowest BCUT2D eigenvalue weighted by atomic mass is 9.97. The molecule has 1 aromatic heterocycles. The second kappa shape index (κ2) is 13.0. The molecule has 2 heterocycles. The van der Waals surface area contributed by atoms with Crippen molar-refractivity contribution in [2.24, 2.45) is 0 Å². The van der Waals surface area contributed by atoms with Crippen LogP contribution in [0.5, 0.6) is 5.88 Å². The number of benzene rings is 1. The molecule has 2 aliphatic carbocycles. The van der Waals surface area contributed by atoms with Gasteiger partial charge in [-0.25, -0.2) is 27.3 Å². The largest absolute Gasteiger partial charge is 0.490 e. The van der Waals surface area contributed by atoms with E-state index < -0.39 is 39.1 Å². The lowest BCUT2D eigenvalue weighted by molar-refractivity contribution is -0.192. The van der Waals surface area contributed by atoms with E-state index in [1.807, 2.05) is 4.72 Å². The van der Waals surface area contributed by atoms with Gasteiger partial charge in [-0.15, -0.1) is 0 Å². The molecule has 0 radical (unpaired) electrons. The van der Waals surface area contributed by atoms with Gasteiger partial charge in [0, 0.05) is 30.3 Å². The van der Waals surface area contributed by atoms with Crippen molar-refractivity contribution in [3.63, 3.8) is 0 Å². The molecule has 5 rings (SSSR count). The summed E-state index contributed by atoms with van der Waals surface area (Å²) in [5.41, 5.74) is 1.58. The minimum absolute atomic E-state index is 0.00319. The molecule has 2 saturated carbocycles. The number of nitrogens with one attached hydrogen (secondary N) is 1. The number of pyridine rings is 1. The molecule has 0 spiro atoms. The normalized spacial score (nSPS) is 18.1.